The number of hydrogen-bond acceptors (Lipinski definition) is 5. The van der Waals surface area contributed by atoms with Gasteiger partial charge in [-0.05, 0) is 56.2 Å². The number of aromatic nitrogens is 2. The number of carbonyl (C=O) groups is 2. The van der Waals surface area contributed by atoms with Gasteiger partial charge >= 0.3 is 5.97 Å². The number of Topliss-reactive ketones (excluding diaryl/α,β-unsaturated/α-hetero) is 1. The molecule has 0 radical (unpaired) electrons. The summed E-state index contributed by atoms with van der Waals surface area (Å²) in [6.07, 6.45) is 7.01. The number of anilines is 2. The zero-order chi connectivity index (χ0) is 24.7. The maximum absolute atomic E-state index is 12.6. The second kappa shape index (κ2) is 11.8. The van der Waals surface area contributed by atoms with Crippen molar-refractivity contribution in [3.63, 3.8) is 0 Å². The highest BCUT2D eigenvalue weighted by Crippen LogP contribution is 2.28. The first kappa shape index (κ1) is 25.4. The van der Waals surface area contributed by atoms with E-state index in [-0.39, 0.29) is 34.5 Å². The van der Waals surface area contributed by atoms with Gasteiger partial charge in [0.1, 0.15) is 0 Å². The smallest absolute Gasteiger partial charge is 0.307 e. The van der Waals surface area contributed by atoms with E-state index >= 15 is 0 Å². The molecule has 6 nitrogen and oxygen atoms in total. The fourth-order valence-electron chi connectivity index (χ4n) is 3.54. The minimum absolute atomic E-state index is 0.157. The third kappa shape index (κ3) is 6.43. The number of rotatable bonds is 10. The fraction of sp³-hybridized carbons (Fsp3) is 0.231. The molecule has 3 aromatic rings. The first-order valence-electron chi connectivity index (χ1n) is 10.8. The quantitative estimate of drug-likeness (QED) is 0.313. The van der Waals surface area contributed by atoms with E-state index in [0.717, 1.165) is 11.3 Å². The van der Waals surface area contributed by atoms with Crippen LogP contribution in [0.4, 0.5) is 11.6 Å². The maximum Gasteiger partial charge on any atom is 0.307 e. The molecule has 34 heavy (non-hydrogen) atoms. The summed E-state index contributed by atoms with van der Waals surface area (Å²) in [5.74, 6) is -1.71. The third-order valence-corrected chi connectivity index (χ3v) is 5.84. The van der Waals surface area contributed by atoms with Gasteiger partial charge in [-0.1, -0.05) is 53.6 Å². The number of carboxylic acids is 1. The SMILES string of the molecule is CC(C)N(c1ccc(/C=C/CC(CC(=O)c2c(Cl)cccc2Cl)C(=O)O)cc1)c1ncccn1. The molecular formula is C26H25Cl2N3O3. The van der Waals surface area contributed by atoms with Gasteiger partial charge in [0.25, 0.3) is 0 Å². The van der Waals surface area contributed by atoms with Crippen LogP contribution in [0.2, 0.25) is 10.0 Å². The number of nitrogens with zero attached hydrogens (tertiary/aromatic N) is 3. The third-order valence-electron chi connectivity index (χ3n) is 5.21. The predicted octanol–water partition coefficient (Wildman–Crippen LogP) is 6.71. The normalized spacial score (nSPS) is 12.1. The Morgan fingerprint density at radius 3 is 2.18 bits per heavy atom. The molecular weight excluding hydrogens is 473 g/mol. The molecule has 1 aromatic heterocycles. The Hall–Kier alpha value is -3.22. The van der Waals surface area contributed by atoms with Crippen molar-refractivity contribution >= 4 is 52.7 Å². The van der Waals surface area contributed by atoms with Crippen molar-refractivity contribution in [2.45, 2.75) is 32.7 Å². The Labute approximate surface area is 208 Å². The van der Waals surface area contributed by atoms with E-state index < -0.39 is 17.7 Å². The topological polar surface area (TPSA) is 83.4 Å². The fourth-order valence-corrected chi connectivity index (χ4v) is 4.14. The van der Waals surface area contributed by atoms with Crippen LogP contribution in [0.1, 0.15) is 42.6 Å². The molecule has 0 saturated heterocycles. The lowest BCUT2D eigenvalue weighted by Gasteiger charge is -2.26. The van der Waals surface area contributed by atoms with Crippen LogP contribution in [0.15, 0.2) is 67.0 Å². The lowest BCUT2D eigenvalue weighted by molar-refractivity contribution is -0.141. The van der Waals surface area contributed by atoms with E-state index in [4.69, 9.17) is 23.2 Å². The second-order valence-electron chi connectivity index (χ2n) is 8.00. The van der Waals surface area contributed by atoms with E-state index in [1.807, 2.05) is 35.2 Å². The zero-order valence-corrected chi connectivity index (χ0v) is 20.4. The number of halogens is 2. The number of carboxylic acid groups (broad SMARTS) is 1. The van der Waals surface area contributed by atoms with Gasteiger partial charge in [-0.2, -0.15) is 0 Å². The van der Waals surface area contributed by atoms with Crippen LogP contribution in [0.25, 0.3) is 6.08 Å². The lowest BCUT2D eigenvalue weighted by atomic mass is 9.95. The van der Waals surface area contributed by atoms with E-state index in [9.17, 15) is 14.7 Å². The Morgan fingerprint density at radius 1 is 1.00 bits per heavy atom. The highest BCUT2D eigenvalue weighted by molar-refractivity contribution is 6.39. The molecule has 0 spiro atoms. The molecule has 3 rings (SSSR count). The molecule has 0 fully saturated rings. The molecule has 0 aliphatic carbocycles. The zero-order valence-electron chi connectivity index (χ0n) is 18.9. The summed E-state index contributed by atoms with van der Waals surface area (Å²) >= 11 is 12.2. The summed E-state index contributed by atoms with van der Waals surface area (Å²) in [7, 11) is 0. The monoisotopic (exact) mass is 497 g/mol. The van der Waals surface area contributed by atoms with Gasteiger partial charge in [0, 0.05) is 30.5 Å². The van der Waals surface area contributed by atoms with Crippen LogP contribution in [0, 0.1) is 5.92 Å². The molecule has 2 aromatic carbocycles. The number of hydrogen-bond donors (Lipinski definition) is 1. The van der Waals surface area contributed by atoms with Crippen LogP contribution < -0.4 is 4.90 Å². The average Bonchev–Trinajstić information content (AvgIpc) is 2.80. The highest BCUT2D eigenvalue weighted by Gasteiger charge is 2.23. The first-order valence-corrected chi connectivity index (χ1v) is 11.6. The molecule has 0 bridgehead atoms. The van der Waals surface area contributed by atoms with Crippen LogP contribution >= 0.6 is 23.2 Å². The number of benzene rings is 2. The molecule has 1 heterocycles. The van der Waals surface area contributed by atoms with Crippen molar-refractivity contribution < 1.29 is 14.7 Å². The molecule has 0 aliphatic heterocycles. The van der Waals surface area contributed by atoms with Gasteiger partial charge in [-0.15, -0.1) is 0 Å². The minimum Gasteiger partial charge on any atom is -0.481 e. The second-order valence-corrected chi connectivity index (χ2v) is 8.82. The van der Waals surface area contributed by atoms with Gasteiger partial charge in [-0.25, -0.2) is 9.97 Å². The van der Waals surface area contributed by atoms with Crippen molar-refractivity contribution in [2.75, 3.05) is 4.90 Å². The van der Waals surface area contributed by atoms with Crippen LogP contribution in [0.3, 0.4) is 0 Å². The first-order chi connectivity index (χ1) is 16.3. The number of carbonyl (C=O) groups excluding carboxylic acids is 1. The van der Waals surface area contributed by atoms with Gasteiger partial charge in [-0.3, -0.25) is 9.59 Å². The van der Waals surface area contributed by atoms with Crippen molar-refractivity contribution in [3.05, 3.63) is 88.2 Å². The number of aliphatic carboxylic acids is 1. The molecule has 0 aliphatic rings. The summed E-state index contributed by atoms with van der Waals surface area (Å²) in [6, 6.07) is 14.5. The predicted molar refractivity (Wildman–Crippen MR) is 136 cm³/mol. The number of ketones is 1. The van der Waals surface area contributed by atoms with Gasteiger partial charge < -0.3 is 10.0 Å². The van der Waals surface area contributed by atoms with Crippen molar-refractivity contribution in [3.8, 4) is 0 Å². The summed E-state index contributed by atoms with van der Waals surface area (Å²) in [4.78, 5) is 35.1. The standard InChI is InChI=1S/C26H25Cl2N3O3/c1-17(2)31(26-29-14-5-15-30-26)20-12-10-18(11-13-20)6-3-7-19(25(33)34)16-23(32)24-21(27)8-4-9-22(24)28/h3-6,8-15,17,19H,7,16H2,1-2H3,(H,33,34)/b6-3+. The van der Waals surface area contributed by atoms with Crippen LogP contribution in [-0.4, -0.2) is 32.9 Å². The molecule has 0 amide bonds. The summed E-state index contributed by atoms with van der Waals surface area (Å²) in [5.41, 5.74) is 2.02. The largest absolute Gasteiger partial charge is 0.481 e. The van der Waals surface area contributed by atoms with Gasteiger partial charge in [0.2, 0.25) is 5.95 Å². The minimum atomic E-state index is -1.05. The van der Waals surface area contributed by atoms with E-state index in [2.05, 4.69) is 23.8 Å². The van der Waals surface area contributed by atoms with E-state index in [0.29, 0.717) is 5.95 Å². The molecule has 0 saturated carbocycles. The van der Waals surface area contributed by atoms with Crippen LogP contribution in [0.5, 0.6) is 0 Å². The van der Waals surface area contributed by atoms with Gasteiger partial charge in [0.15, 0.2) is 5.78 Å². The molecule has 176 valence electrons. The number of allylic oxidation sites excluding steroid dienone is 1. The van der Waals surface area contributed by atoms with E-state index in [1.165, 1.54) is 0 Å². The Morgan fingerprint density at radius 2 is 1.62 bits per heavy atom. The Kier molecular flexibility index (Phi) is 8.79. The van der Waals surface area contributed by atoms with Crippen LogP contribution in [-0.2, 0) is 4.79 Å². The maximum atomic E-state index is 12.6. The summed E-state index contributed by atoms with van der Waals surface area (Å²) < 4.78 is 0. The van der Waals surface area contributed by atoms with Crippen molar-refractivity contribution in [2.24, 2.45) is 5.92 Å². The van der Waals surface area contributed by atoms with E-state index in [1.54, 1.807) is 42.7 Å². The molecule has 8 heteroatoms. The lowest BCUT2D eigenvalue weighted by Crippen LogP contribution is -2.27. The molecule has 1 N–H and O–H groups in total. The van der Waals surface area contributed by atoms with Gasteiger partial charge in [0.05, 0.1) is 21.5 Å². The average molecular weight is 498 g/mol. The summed E-state index contributed by atoms with van der Waals surface area (Å²) in [5, 5.41) is 10.0. The van der Waals surface area contributed by atoms with Crippen molar-refractivity contribution in [1.82, 2.24) is 9.97 Å². The molecule has 1 unspecified atom stereocenters. The Balaban J connectivity index is 1.68. The molecule has 1 atom stereocenters. The van der Waals surface area contributed by atoms with Crippen molar-refractivity contribution in [1.29, 1.82) is 0 Å². The highest BCUT2D eigenvalue weighted by atomic mass is 35.5. The summed E-state index contributed by atoms with van der Waals surface area (Å²) in [6.45, 7) is 4.13. The Bertz CT molecular complexity index is 1150.